The van der Waals surface area contributed by atoms with Crippen LogP contribution in [0.5, 0.6) is 11.5 Å². The number of methoxy groups -OCH3 is 2. The van der Waals surface area contributed by atoms with Gasteiger partial charge in [-0.2, -0.15) is 0 Å². The number of rotatable bonds is 7. The lowest BCUT2D eigenvalue weighted by Gasteiger charge is -2.35. The second-order valence-corrected chi connectivity index (χ2v) is 7.97. The van der Waals surface area contributed by atoms with E-state index in [4.69, 9.17) is 14.2 Å². The zero-order valence-electron chi connectivity index (χ0n) is 18.5. The van der Waals surface area contributed by atoms with Crippen molar-refractivity contribution >= 4 is 11.6 Å². The Morgan fingerprint density at radius 2 is 1.94 bits per heavy atom. The number of hydrogen-bond acceptors (Lipinski definition) is 6. The van der Waals surface area contributed by atoms with Crippen LogP contribution in [0.3, 0.4) is 0 Å². The largest absolute Gasteiger partial charge is 0.493 e. The molecular formula is C24H31N3O4. The highest BCUT2D eigenvalue weighted by Gasteiger charge is 2.26. The molecule has 166 valence electrons. The van der Waals surface area contributed by atoms with Crippen LogP contribution in [0.4, 0.5) is 5.69 Å². The molecule has 1 atom stereocenters. The van der Waals surface area contributed by atoms with E-state index < -0.39 is 0 Å². The monoisotopic (exact) mass is 425 g/mol. The Kier molecular flexibility index (Phi) is 6.63. The molecule has 0 bridgehead atoms. The maximum atomic E-state index is 13.0. The Morgan fingerprint density at radius 1 is 1.13 bits per heavy atom. The molecule has 1 amide bonds. The molecule has 2 aliphatic rings. The second kappa shape index (κ2) is 9.58. The Balaban J connectivity index is 1.55. The van der Waals surface area contributed by atoms with Crippen LogP contribution in [-0.4, -0.2) is 71.5 Å². The molecule has 2 aromatic rings. The molecular weight excluding hydrogens is 394 g/mol. The molecule has 7 heteroatoms. The van der Waals surface area contributed by atoms with E-state index in [1.54, 1.807) is 32.4 Å². The summed E-state index contributed by atoms with van der Waals surface area (Å²) in [6, 6.07) is 12.1. The highest BCUT2D eigenvalue weighted by Crippen LogP contribution is 2.32. The van der Waals surface area contributed by atoms with E-state index in [0.717, 1.165) is 26.1 Å². The minimum absolute atomic E-state index is 0.0839. The molecule has 1 fully saturated rings. The van der Waals surface area contributed by atoms with Crippen molar-refractivity contribution in [2.75, 3.05) is 65.6 Å². The van der Waals surface area contributed by atoms with Gasteiger partial charge in [-0.3, -0.25) is 9.69 Å². The van der Waals surface area contributed by atoms with Crippen LogP contribution < -0.4 is 19.7 Å². The maximum Gasteiger partial charge on any atom is 0.255 e. The Hall–Kier alpha value is -2.77. The predicted octanol–water partition coefficient (Wildman–Crippen LogP) is 2.50. The van der Waals surface area contributed by atoms with Crippen molar-refractivity contribution < 1.29 is 19.0 Å². The van der Waals surface area contributed by atoms with Crippen LogP contribution in [0.2, 0.25) is 0 Å². The van der Waals surface area contributed by atoms with E-state index in [2.05, 4.69) is 40.4 Å². The van der Waals surface area contributed by atoms with Crippen molar-refractivity contribution in [1.82, 2.24) is 10.2 Å². The first-order valence-electron chi connectivity index (χ1n) is 10.8. The molecule has 1 unspecified atom stereocenters. The topological polar surface area (TPSA) is 63.3 Å². The first kappa shape index (κ1) is 21.5. The third-order valence-corrected chi connectivity index (χ3v) is 6.21. The van der Waals surface area contributed by atoms with Gasteiger partial charge >= 0.3 is 0 Å². The van der Waals surface area contributed by atoms with Gasteiger partial charge in [-0.25, -0.2) is 0 Å². The number of anilines is 1. The smallest absolute Gasteiger partial charge is 0.255 e. The lowest BCUT2D eigenvalue weighted by atomic mass is 10.00. The molecule has 2 heterocycles. The van der Waals surface area contributed by atoms with Gasteiger partial charge in [0.1, 0.15) is 0 Å². The van der Waals surface area contributed by atoms with E-state index in [1.165, 1.54) is 16.8 Å². The highest BCUT2D eigenvalue weighted by atomic mass is 16.5. The van der Waals surface area contributed by atoms with Gasteiger partial charge in [-0.15, -0.1) is 0 Å². The fourth-order valence-electron chi connectivity index (χ4n) is 4.49. The molecule has 2 aromatic carbocycles. The lowest BCUT2D eigenvalue weighted by molar-refractivity contribution is 0.0162. The first-order chi connectivity index (χ1) is 15.1. The summed E-state index contributed by atoms with van der Waals surface area (Å²) in [5.74, 6) is 0.823. The van der Waals surface area contributed by atoms with Crippen molar-refractivity contribution in [3.63, 3.8) is 0 Å². The van der Waals surface area contributed by atoms with Crippen LogP contribution in [-0.2, 0) is 11.2 Å². The van der Waals surface area contributed by atoms with Gasteiger partial charge in [0.2, 0.25) is 0 Å². The van der Waals surface area contributed by atoms with E-state index in [-0.39, 0.29) is 11.9 Å². The van der Waals surface area contributed by atoms with Crippen LogP contribution in [0.15, 0.2) is 36.4 Å². The number of hydrogen-bond donors (Lipinski definition) is 1. The zero-order valence-corrected chi connectivity index (χ0v) is 18.5. The Labute approximate surface area is 183 Å². The van der Waals surface area contributed by atoms with Gasteiger partial charge in [0.05, 0.1) is 39.0 Å². The van der Waals surface area contributed by atoms with Crippen molar-refractivity contribution in [2.45, 2.75) is 12.5 Å². The molecule has 0 saturated carbocycles. The summed E-state index contributed by atoms with van der Waals surface area (Å²) in [6.45, 7) is 4.67. The molecule has 1 saturated heterocycles. The molecule has 31 heavy (non-hydrogen) atoms. The van der Waals surface area contributed by atoms with Crippen molar-refractivity contribution in [3.05, 3.63) is 53.1 Å². The number of carbonyl (C=O) groups excluding carboxylic acids is 1. The number of carbonyl (C=O) groups is 1. The van der Waals surface area contributed by atoms with E-state index in [0.29, 0.717) is 36.8 Å². The molecule has 0 aromatic heterocycles. The first-order valence-corrected chi connectivity index (χ1v) is 10.8. The number of amides is 1. The fraction of sp³-hybridized carbons (Fsp3) is 0.458. The molecule has 1 N–H and O–H groups in total. The summed E-state index contributed by atoms with van der Waals surface area (Å²) in [4.78, 5) is 17.7. The molecule has 2 aliphatic heterocycles. The highest BCUT2D eigenvalue weighted by molar-refractivity contribution is 5.97. The average molecular weight is 426 g/mol. The Morgan fingerprint density at radius 3 is 2.68 bits per heavy atom. The molecule has 0 spiro atoms. The molecule has 0 aliphatic carbocycles. The van der Waals surface area contributed by atoms with Crippen LogP contribution >= 0.6 is 0 Å². The van der Waals surface area contributed by atoms with Gasteiger partial charge < -0.3 is 24.4 Å². The van der Waals surface area contributed by atoms with Crippen molar-refractivity contribution in [3.8, 4) is 11.5 Å². The van der Waals surface area contributed by atoms with E-state index in [9.17, 15) is 4.79 Å². The number of para-hydroxylation sites is 1. The van der Waals surface area contributed by atoms with Crippen molar-refractivity contribution in [2.24, 2.45) is 0 Å². The second-order valence-electron chi connectivity index (χ2n) is 7.97. The minimum Gasteiger partial charge on any atom is -0.493 e. The Bertz CT molecular complexity index is 927. The fourth-order valence-corrected chi connectivity index (χ4v) is 4.49. The third-order valence-electron chi connectivity index (χ3n) is 6.21. The average Bonchev–Trinajstić information content (AvgIpc) is 3.19. The predicted molar refractivity (Wildman–Crippen MR) is 120 cm³/mol. The van der Waals surface area contributed by atoms with Gasteiger partial charge in [0.15, 0.2) is 11.5 Å². The van der Waals surface area contributed by atoms with Gasteiger partial charge in [-0.05, 0) is 35.7 Å². The van der Waals surface area contributed by atoms with Gasteiger partial charge in [0, 0.05) is 38.9 Å². The number of fused-ring (bicyclic) bond motifs is 1. The lowest BCUT2D eigenvalue weighted by Crippen LogP contribution is -2.43. The van der Waals surface area contributed by atoms with Crippen molar-refractivity contribution in [1.29, 1.82) is 0 Å². The summed E-state index contributed by atoms with van der Waals surface area (Å²) in [7, 11) is 5.25. The molecule has 7 nitrogen and oxygen atoms in total. The molecule has 0 radical (unpaired) electrons. The summed E-state index contributed by atoms with van der Waals surface area (Å²) in [5, 5.41) is 3.13. The number of morpholine rings is 1. The SMILES string of the molecule is COc1cccc(C(=O)NCC(c2ccc3c(c2)CCN3C)N2CCOCC2)c1OC. The summed E-state index contributed by atoms with van der Waals surface area (Å²) in [5.41, 5.74) is 4.38. The van der Waals surface area contributed by atoms with Crippen LogP contribution in [0.25, 0.3) is 0 Å². The van der Waals surface area contributed by atoms with Gasteiger partial charge in [0.25, 0.3) is 5.91 Å². The van der Waals surface area contributed by atoms with E-state index in [1.807, 2.05) is 0 Å². The van der Waals surface area contributed by atoms with Gasteiger partial charge in [-0.1, -0.05) is 18.2 Å². The van der Waals surface area contributed by atoms with Crippen LogP contribution in [0, 0.1) is 0 Å². The number of nitrogens with zero attached hydrogens (tertiary/aromatic N) is 2. The normalized spacial score (nSPS) is 17.2. The zero-order chi connectivity index (χ0) is 21.8. The van der Waals surface area contributed by atoms with E-state index >= 15 is 0 Å². The van der Waals surface area contributed by atoms with Crippen LogP contribution in [0.1, 0.15) is 27.5 Å². The third kappa shape index (κ3) is 4.48. The minimum atomic E-state index is -0.171. The number of nitrogens with one attached hydrogen (secondary N) is 1. The standard InChI is InChI=1S/C24H31N3O4/c1-26-10-9-18-15-17(7-8-20(18)26)21(27-11-13-31-14-12-27)16-25-24(28)19-5-4-6-22(29-2)23(19)30-3/h4-8,15,21H,9-14,16H2,1-3H3,(H,25,28). The number of likely N-dealkylation sites (N-methyl/N-ethyl adjacent to an activating group) is 1. The summed E-state index contributed by atoms with van der Waals surface area (Å²) in [6.07, 6.45) is 1.06. The molecule has 4 rings (SSSR count). The number of benzene rings is 2. The number of ether oxygens (including phenoxy) is 3. The quantitative estimate of drug-likeness (QED) is 0.736. The maximum absolute atomic E-state index is 13.0. The summed E-state index contributed by atoms with van der Waals surface area (Å²) < 4.78 is 16.3. The summed E-state index contributed by atoms with van der Waals surface area (Å²) >= 11 is 0.